The first-order valence-corrected chi connectivity index (χ1v) is 8.79. The summed E-state index contributed by atoms with van der Waals surface area (Å²) < 4.78 is 13.2. The smallest absolute Gasteiger partial charge is 0.137 e. The number of hydrogen-bond acceptors (Lipinski definition) is 2. The molecule has 0 unspecified atom stereocenters. The third kappa shape index (κ3) is 3.49. The van der Waals surface area contributed by atoms with Crippen molar-refractivity contribution in [2.45, 2.75) is 26.2 Å². The molecule has 3 nitrogen and oxygen atoms in total. The Morgan fingerprint density at radius 2 is 1.92 bits per heavy atom. The Bertz CT molecular complexity index is 1030. The molecule has 0 fully saturated rings. The number of aryl methyl sites for hydroxylation is 3. The largest absolute Gasteiger partial charge is 0.346 e. The van der Waals surface area contributed by atoms with E-state index in [4.69, 9.17) is 0 Å². The highest BCUT2D eigenvalue weighted by Crippen LogP contribution is 2.19. The summed E-state index contributed by atoms with van der Waals surface area (Å²) >= 11 is 0. The molecule has 3 heterocycles. The second kappa shape index (κ2) is 7.08. The number of H-pyrrole nitrogens is 1. The molecular weight excluding hydrogens is 325 g/mol. The van der Waals surface area contributed by atoms with Crippen molar-refractivity contribution in [1.82, 2.24) is 15.0 Å². The van der Waals surface area contributed by atoms with E-state index in [1.165, 1.54) is 22.8 Å². The van der Waals surface area contributed by atoms with Crippen molar-refractivity contribution < 1.29 is 4.39 Å². The van der Waals surface area contributed by atoms with Gasteiger partial charge >= 0.3 is 0 Å². The van der Waals surface area contributed by atoms with Gasteiger partial charge in [0.15, 0.2) is 0 Å². The Labute approximate surface area is 152 Å². The molecule has 0 aliphatic rings. The molecule has 0 spiro atoms. The van der Waals surface area contributed by atoms with Crippen LogP contribution in [0.1, 0.15) is 27.9 Å². The van der Waals surface area contributed by atoms with Crippen molar-refractivity contribution in [2.75, 3.05) is 0 Å². The number of aromatic nitrogens is 3. The van der Waals surface area contributed by atoms with Crippen LogP contribution in [0.2, 0.25) is 0 Å². The van der Waals surface area contributed by atoms with E-state index in [2.05, 4.69) is 33.2 Å². The average Bonchev–Trinajstić information content (AvgIpc) is 3.05. The van der Waals surface area contributed by atoms with Crippen molar-refractivity contribution >= 4 is 11.0 Å². The zero-order chi connectivity index (χ0) is 17.9. The van der Waals surface area contributed by atoms with E-state index in [9.17, 15) is 4.39 Å². The molecule has 26 heavy (non-hydrogen) atoms. The molecule has 4 rings (SSSR count). The van der Waals surface area contributed by atoms with E-state index in [1.807, 2.05) is 31.5 Å². The van der Waals surface area contributed by atoms with Crippen molar-refractivity contribution in [2.24, 2.45) is 0 Å². The minimum absolute atomic E-state index is 0.179. The third-order valence-corrected chi connectivity index (χ3v) is 4.77. The van der Waals surface area contributed by atoms with Crippen LogP contribution in [0.15, 0.2) is 61.1 Å². The number of hydrogen-bond donors (Lipinski definition) is 1. The number of halogens is 1. The Hall–Kier alpha value is -3.01. The van der Waals surface area contributed by atoms with E-state index in [1.54, 1.807) is 12.3 Å². The highest BCUT2D eigenvalue weighted by Gasteiger charge is 2.06. The van der Waals surface area contributed by atoms with E-state index < -0.39 is 0 Å². The van der Waals surface area contributed by atoms with Gasteiger partial charge in [0.05, 0.1) is 0 Å². The molecule has 1 aromatic carbocycles. The highest BCUT2D eigenvalue weighted by atomic mass is 19.1. The maximum absolute atomic E-state index is 13.2. The second-order valence-electron chi connectivity index (χ2n) is 6.62. The summed E-state index contributed by atoms with van der Waals surface area (Å²) in [4.78, 5) is 12.1. The van der Waals surface area contributed by atoms with Gasteiger partial charge in [0.25, 0.3) is 0 Å². The fraction of sp³-hybridized carbons (Fsp3) is 0.182. The number of benzene rings is 1. The molecule has 0 amide bonds. The molecule has 0 aliphatic carbocycles. The van der Waals surface area contributed by atoms with Crippen molar-refractivity contribution in [3.63, 3.8) is 0 Å². The molecular formula is C22H20FN3. The first-order valence-electron chi connectivity index (χ1n) is 8.79. The van der Waals surface area contributed by atoms with Gasteiger partial charge in [0.1, 0.15) is 11.5 Å². The van der Waals surface area contributed by atoms with Gasteiger partial charge < -0.3 is 4.98 Å². The fourth-order valence-corrected chi connectivity index (χ4v) is 3.29. The van der Waals surface area contributed by atoms with Gasteiger partial charge in [-0.05, 0) is 72.4 Å². The minimum Gasteiger partial charge on any atom is -0.346 e. The Morgan fingerprint density at radius 1 is 1.00 bits per heavy atom. The number of rotatable bonds is 5. The lowest BCUT2D eigenvalue weighted by molar-refractivity contribution is 0.625. The van der Waals surface area contributed by atoms with Crippen LogP contribution in [0.5, 0.6) is 0 Å². The van der Waals surface area contributed by atoms with Crippen molar-refractivity contribution in [3.8, 4) is 0 Å². The van der Waals surface area contributed by atoms with Gasteiger partial charge in [-0.15, -0.1) is 0 Å². The van der Waals surface area contributed by atoms with E-state index in [-0.39, 0.29) is 5.82 Å². The van der Waals surface area contributed by atoms with Crippen LogP contribution in [0.3, 0.4) is 0 Å². The maximum Gasteiger partial charge on any atom is 0.137 e. The molecule has 0 saturated carbocycles. The predicted octanol–water partition coefficient (Wildman–Crippen LogP) is 4.78. The summed E-state index contributed by atoms with van der Waals surface area (Å²) in [6.07, 6.45) is 8.30. The molecule has 130 valence electrons. The van der Waals surface area contributed by atoms with Crippen LogP contribution in [-0.4, -0.2) is 15.0 Å². The van der Waals surface area contributed by atoms with Crippen LogP contribution >= 0.6 is 0 Å². The lowest BCUT2D eigenvalue weighted by Gasteiger charge is -2.06. The molecule has 4 heteroatoms. The standard InChI is InChI=1S/C22H20FN3/c1-15-11-19(23)7-5-17(15)6-9-20-8-4-16(13-25-20)12-18-14-26-22-21(18)3-2-10-24-22/h2-5,7-8,10-11,13-14H,6,9,12H2,1H3,(H,24,26). The SMILES string of the molecule is Cc1cc(F)ccc1CCc1ccc(Cc2c[nH]c3ncccc23)cn1. The van der Waals surface area contributed by atoms with Crippen LogP contribution in [0, 0.1) is 12.7 Å². The maximum atomic E-state index is 13.2. The fourth-order valence-electron chi connectivity index (χ4n) is 3.29. The molecule has 0 bridgehead atoms. The van der Waals surface area contributed by atoms with E-state index in [0.29, 0.717) is 0 Å². The average molecular weight is 345 g/mol. The monoisotopic (exact) mass is 345 g/mol. The number of pyridine rings is 2. The van der Waals surface area contributed by atoms with Crippen LogP contribution < -0.4 is 0 Å². The molecule has 0 saturated heterocycles. The summed E-state index contributed by atoms with van der Waals surface area (Å²) in [5.74, 6) is -0.179. The first kappa shape index (κ1) is 16.5. The molecule has 0 atom stereocenters. The van der Waals surface area contributed by atoms with Crippen LogP contribution in [0.4, 0.5) is 4.39 Å². The van der Waals surface area contributed by atoms with Gasteiger partial charge in [-0.2, -0.15) is 0 Å². The third-order valence-electron chi connectivity index (χ3n) is 4.77. The summed E-state index contributed by atoms with van der Waals surface area (Å²) in [7, 11) is 0. The lowest BCUT2D eigenvalue weighted by atomic mass is 10.0. The first-order chi connectivity index (χ1) is 12.7. The Kier molecular flexibility index (Phi) is 4.48. The summed E-state index contributed by atoms with van der Waals surface area (Å²) in [5.41, 5.74) is 6.54. The Balaban J connectivity index is 1.43. The normalized spacial score (nSPS) is 11.2. The minimum atomic E-state index is -0.179. The molecule has 4 aromatic rings. The summed E-state index contributed by atoms with van der Waals surface area (Å²) in [6, 6.07) is 13.2. The van der Waals surface area contributed by atoms with Gasteiger partial charge in [0, 0.05) is 36.1 Å². The van der Waals surface area contributed by atoms with E-state index >= 15 is 0 Å². The second-order valence-corrected chi connectivity index (χ2v) is 6.62. The highest BCUT2D eigenvalue weighted by molar-refractivity contribution is 5.79. The summed E-state index contributed by atoms with van der Waals surface area (Å²) in [5, 5.41) is 1.16. The van der Waals surface area contributed by atoms with Crippen molar-refractivity contribution in [1.29, 1.82) is 0 Å². The van der Waals surface area contributed by atoms with Crippen LogP contribution in [-0.2, 0) is 19.3 Å². The van der Waals surface area contributed by atoms with Gasteiger partial charge in [-0.3, -0.25) is 4.98 Å². The number of nitrogens with one attached hydrogen (secondary N) is 1. The number of aromatic amines is 1. The molecule has 0 aliphatic heterocycles. The lowest BCUT2D eigenvalue weighted by Crippen LogP contribution is -1.98. The van der Waals surface area contributed by atoms with Crippen molar-refractivity contribution in [3.05, 3.63) is 94.8 Å². The molecule has 1 N–H and O–H groups in total. The number of fused-ring (bicyclic) bond motifs is 1. The molecule has 0 radical (unpaired) electrons. The van der Waals surface area contributed by atoms with Gasteiger partial charge in [-0.1, -0.05) is 12.1 Å². The summed E-state index contributed by atoms with van der Waals surface area (Å²) in [6.45, 7) is 1.95. The van der Waals surface area contributed by atoms with Gasteiger partial charge in [-0.25, -0.2) is 9.37 Å². The van der Waals surface area contributed by atoms with Crippen LogP contribution in [0.25, 0.3) is 11.0 Å². The van der Waals surface area contributed by atoms with Gasteiger partial charge in [0.2, 0.25) is 0 Å². The quantitative estimate of drug-likeness (QED) is 0.565. The zero-order valence-corrected chi connectivity index (χ0v) is 14.7. The topological polar surface area (TPSA) is 41.6 Å². The molecule has 3 aromatic heterocycles. The Morgan fingerprint density at radius 3 is 2.73 bits per heavy atom. The van der Waals surface area contributed by atoms with E-state index in [0.717, 1.165) is 41.6 Å². The number of nitrogens with zero attached hydrogens (tertiary/aromatic N) is 2. The predicted molar refractivity (Wildman–Crippen MR) is 102 cm³/mol. The zero-order valence-electron chi connectivity index (χ0n) is 14.7.